The number of halogens is 1. The Labute approximate surface area is 104 Å². The Kier molecular flexibility index (Phi) is 2.64. The number of anilines is 1. The molecule has 0 radical (unpaired) electrons. The molecule has 5 nitrogen and oxygen atoms in total. The first-order valence-corrected chi connectivity index (χ1v) is 6.14. The molecule has 17 heavy (non-hydrogen) atoms. The number of aromatic nitrogens is 3. The number of nitrogens with two attached hydrogens (primary N) is 1. The van der Waals surface area contributed by atoms with Gasteiger partial charge >= 0.3 is 0 Å². The fraction of sp³-hybridized carbons (Fsp3) is 0.455. The van der Waals surface area contributed by atoms with Crippen LogP contribution in [0.15, 0.2) is 18.3 Å². The van der Waals surface area contributed by atoms with Crippen molar-refractivity contribution in [3.8, 4) is 0 Å². The third kappa shape index (κ3) is 2.08. The summed E-state index contributed by atoms with van der Waals surface area (Å²) in [7, 11) is 0. The van der Waals surface area contributed by atoms with Gasteiger partial charge in [-0.05, 0) is 31.4 Å². The van der Waals surface area contributed by atoms with Crippen molar-refractivity contribution in [3.63, 3.8) is 0 Å². The van der Waals surface area contributed by atoms with E-state index in [4.69, 9.17) is 17.3 Å². The molecule has 0 aromatic carbocycles. The molecule has 1 aliphatic carbocycles. The molecule has 2 aromatic heterocycles. The number of hydrogen-bond donors (Lipinski definition) is 2. The molecular weight excluding hydrogens is 238 g/mol. The number of rotatable bonds is 2. The van der Waals surface area contributed by atoms with Crippen molar-refractivity contribution in [2.24, 2.45) is 5.73 Å². The molecule has 2 heterocycles. The average molecular weight is 252 g/mol. The largest absolute Gasteiger partial charge is 0.349 e. The topological polar surface area (TPSA) is 68.2 Å². The van der Waals surface area contributed by atoms with Crippen molar-refractivity contribution in [1.29, 1.82) is 0 Å². The van der Waals surface area contributed by atoms with Crippen molar-refractivity contribution >= 4 is 23.2 Å². The van der Waals surface area contributed by atoms with Crippen LogP contribution in [0, 0.1) is 0 Å². The molecule has 1 fully saturated rings. The van der Waals surface area contributed by atoms with E-state index in [0.29, 0.717) is 11.0 Å². The van der Waals surface area contributed by atoms with Crippen molar-refractivity contribution in [1.82, 2.24) is 14.6 Å². The lowest BCUT2D eigenvalue weighted by atomic mass is 10.2. The Hall–Kier alpha value is -1.33. The van der Waals surface area contributed by atoms with Crippen LogP contribution in [-0.4, -0.2) is 26.7 Å². The Bertz CT molecular complexity index is 538. The van der Waals surface area contributed by atoms with Gasteiger partial charge in [0.25, 0.3) is 0 Å². The number of pyridine rings is 1. The fourth-order valence-corrected chi connectivity index (χ4v) is 2.41. The van der Waals surface area contributed by atoms with Gasteiger partial charge in [-0.2, -0.15) is 4.98 Å². The molecule has 0 aliphatic heterocycles. The van der Waals surface area contributed by atoms with E-state index in [1.807, 2.05) is 6.07 Å². The van der Waals surface area contributed by atoms with Gasteiger partial charge < -0.3 is 11.1 Å². The molecule has 3 rings (SSSR count). The van der Waals surface area contributed by atoms with E-state index in [2.05, 4.69) is 15.4 Å². The predicted octanol–water partition coefficient (Wildman–Crippen LogP) is 1.67. The highest BCUT2D eigenvalue weighted by atomic mass is 35.5. The summed E-state index contributed by atoms with van der Waals surface area (Å²) in [5, 5.41) is 8.26. The zero-order valence-corrected chi connectivity index (χ0v) is 10.1. The van der Waals surface area contributed by atoms with Crippen LogP contribution in [0.4, 0.5) is 5.95 Å². The highest BCUT2D eigenvalue weighted by Gasteiger charge is 2.24. The molecular formula is C11H14ClN5. The van der Waals surface area contributed by atoms with Gasteiger partial charge in [0.2, 0.25) is 5.95 Å². The second-order valence-electron chi connectivity index (χ2n) is 4.43. The summed E-state index contributed by atoms with van der Waals surface area (Å²) in [6.07, 6.45) is 5.05. The third-order valence-electron chi connectivity index (χ3n) is 3.18. The summed E-state index contributed by atoms with van der Waals surface area (Å²) in [5.41, 5.74) is 6.78. The van der Waals surface area contributed by atoms with E-state index in [9.17, 15) is 0 Å². The van der Waals surface area contributed by atoms with Gasteiger partial charge in [0.05, 0.1) is 5.02 Å². The first kappa shape index (κ1) is 10.8. The summed E-state index contributed by atoms with van der Waals surface area (Å²) in [4.78, 5) is 4.38. The van der Waals surface area contributed by atoms with E-state index in [1.165, 1.54) is 0 Å². The summed E-state index contributed by atoms with van der Waals surface area (Å²) >= 11 is 5.89. The summed E-state index contributed by atoms with van der Waals surface area (Å²) in [6.45, 7) is 0. The summed E-state index contributed by atoms with van der Waals surface area (Å²) in [5.74, 6) is 0.620. The molecule has 2 atom stereocenters. The van der Waals surface area contributed by atoms with Crippen LogP contribution >= 0.6 is 11.6 Å². The summed E-state index contributed by atoms with van der Waals surface area (Å²) < 4.78 is 1.67. The highest BCUT2D eigenvalue weighted by Crippen LogP contribution is 2.20. The lowest BCUT2D eigenvalue weighted by Crippen LogP contribution is -2.35. The van der Waals surface area contributed by atoms with E-state index >= 15 is 0 Å². The second-order valence-corrected chi connectivity index (χ2v) is 4.87. The van der Waals surface area contributed by atoms with E-state index < -0.39 is 0 Å². The van der Waals surface area contributed by atoms with E-state index in [-0.39, 0.29) is 12.1 Å². The van der Waals surface area contributed by atoms with Gasteiger partial charge in [0.15, 0.2) is 5.65 Å². The molecule has 0 amide bonds. The van der Waals surface area contributed by atoms with Crippen molar-refractivity contribution < 1.29 is 0 Å². The molecule has 3 N–H and O–H groups in total. The molecule has 6 heteroatoms. The first-order valence-electron chi connectivity index (χ1n) is 5.76. The van der Waals surface area contributed by atoms with E-state index in [1.54, 1.807) is 16.8 Å². The van der Waals surface area contributed by atoms with Crippen LogP contribution in [0.25, 0.3) is 5.65 Å². The Morgan fingerprint density at radius 2 is 2.29 bits per heavy atom. The van der Waals surface area contributed by atoms with Gasteiger partial charge in [-0.3, -0.25) is 0 Å². The lowest BCUT2D eigenvalue weighted by Gasteiger charge is -2.15. The normalized spacial score (nSPS) is 24.4. The van der Waals surface area contributed by atoms with E-state index in [0.717, 1.165) is 24.9 Å². The van der Waals surface area contributed by atoms with Crippen molar-refractivity contribution in [2.45, 2.75) is 31.3 Å². The van der Waals surface area contributed by atoms with Crippen molar-refractivity contribution in [2.75, 3.05) is 5.32 Å². The second kappa shape index (κ2) is 4.16. The summed E-state index contributed by atoms with van der Waals surface area (Å²) in [6, 6.07) is 4.12. The molecule has 2 unspecified atom stereocenters. The number of nitrogens with one attached hydrogen (secondary N) is 1. The molecule has 2 aromatic rings. The van der Waals surface area contributed by atoms with Crippen LogP contribution in [0.2, 0.25) is 5.02 Å². The molecule has 1 aliphatic rings. The molecule has 0 saturated heterocycles. The van der Waals surface area contributed by atoms with Gasteiger partial charge in [0, 0.05) is 18.3 Å². The lowest BCUT2D eigenvalue weighted by molar-refractivity contribution is 0.633. The van der Waals surface area contributed by atoms with Gasteiger partial charge in [0.1, 0.15) is 0 Å². The third-order valence-corrected chi connectivity index (χ3v) is 3.40. The zero-order chi connectivity index (χ0) is 11.8. The number of hydrogen-bond acceptors (Lipinski definition) is 4. The van der Waals surface area contributed by atoms with Crippen LogP contribution in [0.1, 0.15) is 19.3 Å². The fourth-order valence-electron chi connectivity index (χ4n) is 2.25. The van der Waals surface area contributed by atoms with Gasteiger partial charge in [-0.15, -0.1) is 5.10 Å². The highest BCUT2D eigenvalue weighted by molar-refractivity contribution is 6.30. The standard InChI is InChI=1S/C11H14ClN5/c12-7-4-5-10-15-11(16-17(10)6-7)14-9-3-1-2-8(9)13/h4-6,8-9H,1-3,13H2,(H,14,16). The number of nitrogens with zero attached hydrogens (tertiary/aromatic N) is 3. The molecule has 1 saturated carbocycles. The van der Waals surface area contributed by atoms with Crippen LogP contribution in [-0.2, 0) is 0 Å². The van der Waals surface area contributed by atoms with Crippen LogP contribution < -0.4 is 11.1 Å². The van der Waals surface area contributed by atoms with Crippen LogP contribution in [0.3, 0.4) is 0 Å². The molecule has 90 valence electrons. The smallest absolute Gasteiger partial charge is 0.243 e. The minimum Gasteiger partial charge on any atom is -0.349 e. The average Bonchev–Trinajstić information content (AvgIpc) is 2.85. The Morgan fingerprint density at radius 3 is 3.06 bits per heavy atom. The minimum absolute atomic E-state index is 0.199. The minimum atomic E-state index is 0.199. The Morgan fingerprint density at radius 1 is 1.41 bits per heavy atom. The maximum atomic E-state index is 6.00. The zero-order valence-electron chi connectivity index (χ0n) is 9.31. The maximum Gasteiger partial charge on any atom is 0.243 e. The molecule has 0 spiro atoms. The first-order chi connectivity index (χ1) is 8.22. The molecule has 0 bridgehead atoms. The quantitative estimate of drug-likeness (QED) is 0.852. The maximum absolute atomic E-state index is 6.00. The van der Waals surface area contributed by atoms with Gasteiger partial charge in [-0.25, -0.2) is 4.52 Å². The Balaban J connectivity index is 1.85. The number of fused-ring (bicyclic) bond motifs is 1. The van der Waals surface area contributed by atoms with Gasteiger partial charge in [-0.1, -0.05) is 11.6 Å². The predicted molar refractivity (Wildman–Crippen MR) is 67.2 cm³/mol. The van der Waals surface area contributed by atoms with Crippen LogP contribution in [0.5, 0.6) is 0 Å². The monoisotopic (exact) mass is 251 g/mol. The SMILES string of the molecule is NC1CCCC1Nc1nc2ccc(Cl)cn2n1. The van der Waals surface area contributed by atoms with Crippen molar-refractivity contribution in [3.05, 3.63) is 23.4 Å².